The Morgan fingerprint density at radius 1 is 1.39 bits per heavy atom. The molecule has 4 nitrogen and oxygen atoms in total. The number of rotatable bonds is 7. The third kappa shape index (κ3) is 6.40. The number of alkyl halides is 1. The zero-order valence-corrected chi connectivity index (χ0v) is 15.6. The normalized spacial score (nSPS) is 15.9. The first-order valence-electron chi connectivity index (χ1n) is 6.38. The molecular weight excluding hydrogens is 357 g/mol. The van der Waals surface area contributed by atoms with Gasteiger partial charge in [0, 0.05) is 9.34 Å². The fraction of sp³-hybridized carbons (Fsp3) is 1.00. The number of hydrogen-bond acceptors (Lipinski definition) is 2. The van der Waals surface area contributed by atoms with Crippen LogP contribution >= 0.6 is 22.6 Å². The summed E-state index contributed by atoms with van der Waals surface area (Å²) >= 11 is 2.39. The Morgan fingerprint density at radius 2 is 1.94 bits per heavy atom. The maximum absolute atomic E-state index is 8.48. The van der Waals surface area contributed by atoms with Gasteiger partial charge in [0.15, 0.2) is 8.32 Å². The summed E-state index contributed by atoms with van der Waals surface area (Å²) in [5.41, 5.74) is 8.48. The van der Waals surface area contributed by atoms with Crippen LogP contribution in [0.2, 0.25) is 18.1 Å². The zero-order valence-electron chi connectivity index (χ0n) is 12.4. The van der Waals surface area contributed by atoms with E-state index in [4.69, 9.17) is 9.96 Å². The van der Waals surface area contributed by atoms with Gasteiger partial charge >= 0.3 is 0 Å². The summed E-state index contributed by atoms with van der Waals surface area (Å²) < 4.78 is 7.45. The van der Waals surface area contributed by atoms with Crippen molar-refractivity contribution >= 4 is 30.9 Å². The molecule has 0 aliphatic carbocycles. The molecule has 0 saturated carbocycles. The van der Waals surface area contributed by atoms with Gasteiger partial charge in [-0.2, -0.15) is 0 Å². The van der Waals surface area contributed by atoms with Gasteiger partial charge in [-0.05, 0) is 36.0 Å². The first-order valence-corrected chi connectivity index (χ1v) is 10.8. The van der Waals surface area contributed by atoms with Crippen molar-refractivity contribution in [3.63, 3.8) is 0 Å². The second kappa shape index (κ2) is 7.72. The van der Waals surface area contributed by atoms with Crippen molar-refractivity contribution in [3.05, 3.63) is 10.4 Å². The van der Waals surface area contributed by atoms with E-state index in [2.05, 4.69) is 73.4 Å². The topological polar surface area (TPSA) is 58.0 Å². The van der Waals surface area contributed by atoms with Crippen molar-refractivity contribution in [2.75, 3.05) is 11.0 Å². The Kier molecular flexibility index (Phi) is 7.81. The standard InChI is InChI=1S/C12H26IN3OSi/c1-10(8-13)7-11(9-15-16-14)17-18(5,6)12(2,3)4/h10-11H,7-9H2,1-6H3/t10-,11+/m0/s1. The molecule has 0 aromatic heterocycles. The van der Waals surface area contributed by atoms with E-state index in [9.17, 15) is 0 Å². The summed E-state index contributed by atoms with van der Waals surface area (Å²) in [5.74, 6) is 0.592. The Hall–Kier alpha value is 0.217. The predicted octanol–water partition coefficient (Wildman–Crippen LogP) is 5.15. The van der Waals surface area contributed by atoms with E-state index in [-0.39, 0.29) is 11.1 Å². The van der Waals surface area contributed by atoms with Crippen LogP contribution in [-0.2, 0) is 4.43 Å². The number of hydrogen-bond donors (Lipinski definition) is 0. The SMILES string of the molecule is C[C@H](CI)C[C@H](CN=[N+]=[N-])O[Si](C)(C)C(C)(C)C. The molecule has 0 aromatic rings. The zero-order chi connectivity index (χ0) is 14.4. The molecule has 106 valence electrons. The molecule has 0 rings (SSSR count). The monoisotopic (exact) mass is 383 g/mol. The third-order valence-electron chi connectivity index (χ3n) is 3.54. The Labute approximate surface area is 126 Å². The molecule has 2 atom stereocenters. The fourth-order valence-corrected chi connectivity index (χ4v) is 3.11. The lowest BCUT2D eigenvalue weighted by atomic mass is 10.1. The van der Waals surface area contributed by atoms with E-state index < -0.39 is 8.32 Å². The van der Waals surface area contributed by atoms with Crippen LogP contribution in [0.3, 0.4) is 0 Å². The maximum Gasteiger partial charge on any atom is 0.192 e. The minimum absolute atomic E-state index is 0.0616. The summed E-state index contributed by atoms with van der Waals surface area (Å²) in [6.45, 7) is 13.8. The van der Waals surface area contributed by atoms with Crippen LogP contribution in [0.4, 0.5) is 0 Å². The Balaban J connectivity index is 4.72. The fourth-order valence-electron chi connectivity index (χ4n) is 1.39. The molecule has 0 saturated heterocycles. The highest BCUT2D eigenvalue weighted by Crippen LogP contribution is 2.38. The van der Waals surface area contributed by atoms with Gasteiger partial charge in [-0.25, -0.2) is 0 Å². The van der Waals surface area contributed by atoms with Crippen LogP contribution in [0, 0.1) is 5.92 Å². The van der Waals surface area contributed by atoms with Gasteiger partial charge in [0.1, 0.15) is 0 Å². The van der Waals surface area contributed by atoms with Gasteiger partial charge in [0.2, 0.25) is 0 Å². The minimum Gasteiger partial charge on any atom is -0.414 e. The van der Waals surface area contributed by atoms with Crippen molar-refractivity contribution in [3.8, 4) is 0 Å². The average Bonchev–Trinajstić information content (AvgIpc) is 2.23. The van der Waals surface area contributed by atoms with E-state index in [1.165, 1.54) is 0 Å². The number of azide groups is 1. The highest BCUT2D eigenvalue weighted by Gasteiger charge is 2.39. The quantitative estimate of drug-likeness (QED) is 0.150. The molecule has 6 heteroatoms. The molecule has 0 aliphatic rings. The summed E-state index contributed by atoms with van der Waals surface area (Å²) in [6.07, 6.45) is 1.03. The van der Waals surface area contributed by atoms with Gasteiger partial charge in [-0.1, -0.05) is 55.4 Å². The van der Waals surface area contributed by atoms with Gasteiger partial charge in [-0.3, -0.25) is 0 Å². The minimum atomic E-state index is -1.78. The Morgan fingerprint density at radius 3 is 2.33 bits per heavy atom. The van der Waals surface area contributed by atoms with E-state index in [1.54, 1.807) is 0 Å². The molecular formula is C12H26IN3OSi. The molecule has 0 radical (unpaired) electrons. The average molecular weight is 383 g/mol. The third-order valence-corrected chi connectivity index (χ3v) is 9.58. The molecule has 0 amide bonds. The van der Waals surface area contributed by atoms with Crippen LogP contribution in [0.25, 0.3) is 10.4 Å². The molecule has 0 spiro atoms. The van der Waals surface area contributed by atoms with Gasteiger partial charge in [0.25, 0.3) is 0 Å². The molecule has 0 unspecified atom stereocenters. The van der Waals surface area contributed by atoms with Crippen molar-refractivity contribution in [2.24, 2.45) is 11.0 Å². The lowest BCUT2D eigenvalue weighted by molar-refractivity contribution is 0.164. The molecule has 18 heavy (non-hydrogen) atoms. The number of halogens is 1. The molecule has 0 N–H and O–H groups in total. The van der Waals surface area contributed by atoms with E-state index in [1.807, 2.05) is 0 Å². The van der Waals surface area contributed by atoms with Crippen molar-refractivity contribution in [1.29, 1.82) is 0 Å². The largest absolute Gasteiger partial charge is 0.414 e. The van der Waals surface area contributed by atoms with Crippen LogP contribution in [0.1, 0.15) is 34.1 Å². The summed E-state index contributed by atoms with van der Waals surface area (Å²) in [4.78, 5) is 2.86. The molecule has 0 aliphatic heterocycles. The van der Waals surface area contributed by atoms with Crippen molar-refractivity contribution < 1.29 is 4.43 Å². The van der Waals surface area contributed by atoms with Crippen molar-refractivity contribution in [2.45, 2.75) is 58.4 Å². The van der Waals surface area contributed by atoms with E-state index in [0.29, 0.717) is 12.5 Å². The van der Waals surface area contributed by atoms with Gasteiger partial charge < -0.3 is 4.43 Å². The first-order chi connectivity index (χ1) is 8.14. The molecule has 0 bridgehead atoms. The molecule has 0 fully saturated rings. The lowest BCUT2D eigenvalue weighted by Crippen LogP contribution is -2.45. The second-order valence-corrected chi connectivity index (χ2v) is 12.0. The highest BCUT2D eigenvalue weighted by atomic mass is 127. The summed E-state index contributed by atoms with van der Waals surface area (Å²) in [6, 6.07) is 0. The maximum atomic E-state index is 8.48. The van der Waals surface area contributed by atoms with Crippen molar-refractivity contribution in [1.82, 2.24) is 0 Å². The van der Waals surface area contributed by atoms with Gasteiger partial charge in [-0.15, -0.1) is 0 Å². The van der Waals surface area contributed by atoms with E-state index >= 15 is 0 Å². The van der Waals surface area contributed by atoms with Crippen LogP contribution in [-0.4, -0.2) is 25.4 Å². The summed E-state index contributed by atoms with van der Waals surface area (Å²) in [7, 11) is -1.78. The van der Waals surface area contributed by atoms with E-state index in [0.717, 1.165) is 10.8 Å². The highest BCUT2D eigenvalue weighted by molar-refractivity contribution is 14.1. The number of nitrogens with zero attached hydrogens (tertiary/aromatic N) is 3. The lowest BCUT2D eigenvalue weighted by Gasteiger charge is -2.39. The van der Waals surface area contributed by atoms with Gasteiger partial charge in [0.05, 0.1) is 12.6 Å². The van der Waals surface area contributed by atoms with Crippen LogP contribution in [0.15, 0.2) is 5.11 Å². The first kappa shape index (κ1) is 18.2. The predicted molar refractivity (Wildman–Crippen MR) is 88.8 cm³/mol. The van der Waals surface area contributed by atoms with Crippen LogP contribution < -0.4 is 0 Å². The molecule has 0 aromatic carbocycles. The summed E-state index contributed by atoms with van der Waals surface area (Å²) in [5, 5.41) is 3.89. The van der Waals surface area contributed by atoms with Crippen LogP contribution in [0.5, 0.6) is 0 Å². The smallest absolute Gasteiger partial charge is 0.192 e. The molecule has 0 heterocycles. The Bertz CT molecular complexity index is 298. The second-order valence-electron chi connectivity index (χ2n) is 6.41.